The fourth-order valence-electron chi connectivity index (χ4n) is 3.45. The molecule has 0 aromatic heterocycles. The van der Waals surface area contributed by atoms with Crippen molar-refractivity contribution < 1.29 is 19.1 Å². The lowest BCUT2D eigenvalue weighted by Gasteiger charge is -2.31. The van der Waals surface area contributed by atoms with Crippen LogP contribution in [0.25, 0.3) is 0 Å². The molecule has 0 heterocycles. The minimum atomic E-state index is -0.953. The second kappa shape index (κ2) is 10.9. The summed E-state index contributed by atoms with van der Waals surface area (Å²) in [5, 5.41) is 5.83. The first kappa shape index (κ1) is 27.2. The van der Waals surface area contributed by atoms with E-state index in [1.807, 2.05) is 45.0 Å². The maximum atomic E-state index is 13.5. The van der Waals surface area contributed by atoms with Gasteiger partial charge in [0.1, 0.15) is 17.7 Å². The van der Waals surface area contributed by atoms with E-state index in [0.29, 0.717) is 16.3 Å². The Hall–Kier alpha value is -3.06. The third-order valence-corrected chi connectivity index (χ3v) is 5.72. The van der Waals surface area contributed by atoms with Crippen LogP contribution in [0.1, 0.15) is 56.0 Å². The van der Waals surface area contributed by atoms with E-state index in [1.165, 1.54) is 11.9 Å². The Morgan fingerprint density at radius 2 is 1.65 bits per heavy atom. The van der Waals surface area contributed by atoms with Crippen molar-refractivity contribution >= 4 is 35.2 Å². The summed E-state index contributed by atoms with van der Waals surface area (Å²) in [6, 6.07) is 9.08. The molecule has 0 saturated heterocycles. The van der Waals surface area contributed by atoms with Crippen molar-refractivity contribution in [2.24, 2.45) is 0 Å². The number of likely N-dealkylation sites (N-methyl/N-ethyl adjacent to an activating group) is 1. The molecule has 0 aliphatic carbocycles. The Bertz CT molecular complexity index is 1060. The van der Waals surface area contributed by atoms with Gasteiger partial charge in [-0.05, 0) is 76.8 Å². The summed E-state index contributed by atoms with van der Waals surface area (Å²) in [6.45, 7) is 12.5. The summed E-state index contributed by atoms with van der Waals surface area (Å²) < 4.78 is 5.25. The number of hydrogen-bond acceptors (Lipinski definition) is 4. The number of carbonyl (C=O) groups is 3. The van der Waals surface area contributed by atoms with Gasteiger partial charge in [-0.3, -0.25) is 9.59 Å². The Kier molecular flexibility index (Phi) is 8.72. The number of alkyl carbamates (subject to hydrolysis) is 1. The summed E-state index contributed by atoms with van der Waals surface area (Å²) in [7, 11) is 1.54. The third kappa shape index (κ3) is 6.97. The van der Waals surface area contributed by atoms with E-state index in [4.69, 9.17) is 16.3 Å². The molecule has 2 rings (SSSR count). The highest BCUT2D eigenvalue weighted by Crippen LogP contribution is 2.29. The Balaban J connectivity index is 2.36. The van der Waals surface area contributed by atoms with E-state index in [9.17, 15) is 14.4 Å². The first-order chi connectivity index (χ1) is 15.7. The van der Waals surface area contributed by atoms with Crippen LogP contribution in [0.2, 0.25) is 5.02 Å². The van der Waals surface area contributed by atoms with Gasteiger partial charge in [-0.2, -0.15) is 0 Å². The average molecular weight is 488 g/mol. The highest BCUT2D eigenvalue weighted by molar-refractivity contribution is 6.34. The molecule has 0 fully saturated rings. The van der Waals surface area contributed by atoms with Crippen molar-refractivity contribution in [1.82, 2.24) is 10.2 Å². The minimum absolute atomic E-state index is 0.404. The minimum Gasteiger partial charge on any atom is -0.444 e. The van der Waals surface area contributed by atoms with Crippen molar-refractivity contribution in [3.8, 4) is 0 Å². The molecule has 0 aliphatic heterocycles. The number of benzene rings is 2. The molecule has 0 spiro atoms. The third-order valence-electron chi connectivity index (χ3n) is 5.40. The first-order valence-electron chi connectivity index (χ1n) is 11.1. The molecule has 0 bridgehead atoms. The Morgan fingerprint density at radius 1 is 1.00 bits per heavy atom. The van der Waals surface area contributed by atoms with E-state index < -0.39 is 35.6 Å². The predicted molar refractivity (Wildman–Crippen MR) is 135 cm³/mol. The number of aryl methyl sites for hydroxylation is 3. The van der Waals surface area contributed by atoms with Gasteiger partial charge in [0.15, 0.2) is 0 Å². The normalized spacial score (nSPS) is 13.0. The fraction of sp³-hybridized carbons (Fsp3) is 0.423. The summed E-state index contributed by atoms with van der Waals surface area (Å²) >= 11 is 6.32. The highest BCUT2D eigenvalue weighted by Gasteiger charge is 2.33. The van der Waals surface area contributed by atoms with E-state index >= 15 is 0 Å². The number of nitrogens with one attached hydrogen (secondary N) is 2. The van der Waals surface area contributed by atoms with Gasteiger partial charge in [0.25, 0.3) is 5.91 Å². The van der Waals surface area contributed by atoms with Crippen LogP contribution in [-0.2, 0) is 14.3 Å². The van der Waals surface area contributed by atoms with E-state index in [0.717, 1.165) is 16.7 Å². The molecule has 0 saturated carbocycles. The number of carbonyl (C=O) groups excluding carboxylic acids is 3. The molecular formula is C26H34ClN3O4. The van der Waals surface area contributed by atoms with Gasteiger partial charge < -0.3 is 20.3 Å². The van der Waals surface area contributed by atoms with Crippen molar-refractivity contribution in [3.05, 3.63) is 63.7 Å². The molecule has 3 amide bonds. The zero-order valence-corrected chi connectivity index (χ0v) is 21.8. The number of rotatable bonds is 6. The van der Waals surface area contributed by atoms with Crippen LogP contribution in [-0.4, -0.2) is 41.5 Å². The Labute approximate surface area is 206 Å². The number of halogens is 1. The first-order valence-corrected chi connectivity index (χ1v) is 11.5. The lowest BCUT2D eigenvalue weighted by molar-refractivity contribution is -0.138. The smallest absolute Gasteiger partial charge is 0.408 e. The summed E-state index contributed by atoms with van der Waals surface area (Å²) in [5.41, 5.74) is 3.29. The van der Waals surface area contributed by atoms with Gasteiger partial charge >= 0.3 is 6.09 Å². The van der Waals surface area contributed by atoms with Crippen LogP contribution in [0.5, 0.6) is 0 Å². The number of ether oxygens (including phenoxy) is 1. The van der Waals surface area contributed by atoms with Gasteiger partial charge in [-0.1, -0.05) is 41.9 Å². The standard InChI is InChI=1S/C26H34ClN3O4/c1-15-12-13-19(14-17(15)3)22(23(31)29-21-16(2)10-9-11-20(21)27)30(8)24(32)18(4)28-25(33)34-26(5,6)7/h9-14,18,22H,1-8H3,(H,28,33)(H,29,31). The number of para-hydroxylation sites is 1. The van der Waals surface area contributed by atoms with Crippen LogP contribution in [0.4, 0.5) is 10.5 Å². The van der Waals surface area contributed by atoms with Crippen molar-refractivity contribution in [3.63, 3.8) is 0 Å². The summed E-state index contributed by atoms with van der Waals surface area (Å²) in [6.07, 6.45) is -0.708. The molecule has 0 aliphatic rings. The predicted octanol–water partition coefficient (Wildman–Crippen LogP) is 5.32. The second-order valence-corrected chi connectivity index (χ2v) is 9.89. The lowest BCUT2D eigenvalue weighted by atomic mass is 9.98. The highest BCUT2D eigenvalue weighted by atomic mass is 35.5. The quantitative estimate of drug-likeness (QED) is 0.577. The molecule has 0 radical (unpaired) electrons. The van der Waals surface area contributed by atoms with Crippen LogP contribution in [0.15, 0.2) is 36.4 Å². The zero-order valence-electron chi connectivity index (χ0n) is 21.1. The van der Waals surface area contributed by atoms with Crippen LogP contribution >= 0.6 is 11.6 Å². The number of hydrogen-bond donors (Lipinski definition) is 2. The summed E-state index contributed by atoms with van der Waals surface area (Å²) in [5.74, 6) is -0.861. The van der Waals surface area contributed by atoms with Gasteiger partial charge in [-0.25, -0.2) is 4.79 Å². The number of amides is 3. The molecule has 34 heavy (non-hydrogen) atoms. The van der Waals surface area contributed by atoms with Crippen molar-refractivity contribution in [2.75, 3.05) is 12.4 Å². The molecule has 2 N–H and O–H groups in total. The molecule has 2 aromatic carbocycles. The molecule has 2 unspecified atom stereocenters. The fourth-order valence-corrected chi connectivity index (χ4v) is 3.72. The monoisotopic (exact) mass is 487 g/mol. The Morgan fingerprint density at radius 3 is 2.21 bits per heavy atom. The largest absolute Gasteiger partial charge is 0.444 e. The molecule has 184 valence electrons. The van der Waals surface area contributed by atoms with Gasteiger partial charge in [-0.15, -0.1) is 0 Å². The van der Waals surface area contributed by atoms with Crippen LogP contribution in [0, 0.1) is 20.8 Å². The molecule has 7 nitrogen and oxygen atoms in total. The van der Waals surface area contributed by atoms with E-state index in [1.54, 1.807) is 39.8 Å². The molecule has 8 heteroatoms. The van der Waals surface area contributed by atoms with Crippen LogP contribution < -0.4 is 10.6 Å². The number of nitrogens with zero attached hydrogens (tertiary/aromatic N) is 1. The van der Waals surface area contributed by atoms with Gasteiger partial charge in [0, 0.05) is 7.05 Å². The van der Waals surface area contributed by atoms with E-state index in [-0.39, 0.29) is 0 Å². The SMILES string of the molecule is Cc1ccc(C(C(=O)Nc2c(C)cccc2Cl)N(C)C(=O)C(C)NC(=O)OC(C)(C)C)cc1C. The van der Waals surface area contributed by atoms with Crippen molar-refractivity contribution in [2.45, 2.75) is 66.2 Å². The van der Waals surface area contributed by atoms with Crippen LogP contribution in [0.3, 0.4) is 0 Å². The second-order valence-electron chi connectivity index (χ2n) is 9.48. The summed E-state index contributed by atoms with van der Waals surface area (Å²) in [4.78, 5) is 40.3. The zero-order chi connectivity index (χ0) is 25.8. The maximum Gasteiger partial charge on any atom is 0.408 e. The number of anilines is 1. The average Bonchev–Trinajstić information content (AvgIpc) is 2.71. The molecule has 2 atom stereocenters. The van der Waals surface area contributed by atoms with Gasteiger partial charge in [0.05, 0.1) is 10.7 Å². The lowest BCUT2D eigenvalue weighted by Crippen LogP contribution is -2.49. The topological polar surface area (TPSA) is 87.7 Å². The molecular weight excluding hydrogens is 454 g/mol. The van der Waals surface area contributed by atoms with Gasteiger partial charge in [0.2, 0.25) is 5.91 Å². The van der Waals surface area contributed by atoms with Crippen molar-refractivity contribution in [1.29, 1.82) is 0 Å². The van der Waals surface area contributed by atoms with E-state index in [2.05, 4.69) is 10.6 Å². The maximum absolute atomic E-state index is 13.5. The molecule has 2 aromatic rings.